The van der Waals surface area contributed by atoms with Crippen LogP contribution in [0.2, 0.25) is 0 Å². The lowest BCUT2D eigenvalue weighted by Crippen LogP contribution is -2.30. The summed E-state index contributed by atoms with van der Waals surface area (Å²) >= 11 is 0. The molecular formula is C24H46O9. The second kappa shape index (κ2) is 16.3. The first kappa shape index (κ1) is 28.9. The Hall–Kier alpha value is -0.360. The van der Waals surface area contributed by atoms with E-state index in [0.29, 0.717) is 52.9 Å². The Morgan fingerprint density at radius 2 is 0.788 bits per heavy atom. The highest BCUT2D eigenvalue weighted by Crippen LogP contribution is 2.11. The molecule has 0 spiro atoms. The third kappa shape index (κ3) is 16.0. The smallest absolute Gasteiger partial charge is 0.104 e. The van der Waals surface area contributed by atoms with Crippen LogP contribution in [0.15, 0.2) is 0 Å². The van der Waals surface area contributed by atoms with E-state index in [-0.39, 0.29) is 48.8 Å². The molecule has 2 heterocycles. The molecule has 2 saturated heterocycles. The molecule has 0 saturated carbocycles. The fourth-order valence-electron chi connectivity index (χ4n) is 2.75. The Morgan fingerprint density at radius 3 is 1.15 bits per heavy atom. The van der Waals surface area contributed by atoms with Gasteiger partial charge >= 0.3 is 0 Å². The van der Waals surface area contributed by atoms with E-state index in [1.165, 1.54) is 0 Å². The van der Waals surface area contributed by atoms with Gasteiger partial charge in [-0.2, -0.15) is 0 Å². The van der Waals surface area contributed by atoms with Crippen LogP contribution in [0.4, 0.5) is 0 Å². The Balaban J connectivity index is 1.40. The first-order valence-electron chi connectivity index (χ1n) is 12.3. The second-order valence-corrected chi connectivity index (χ2v) is 9.31. The number of rotatable bonds is 22. The zero-order chi connectivity index (χ0) is 24.1. The molecule has 2 fully saturated rings. The van der Waals surface area contributed by atoms with Crippen LogP contribution in [0.5, 0.6) is 0 Å². The molecule has 33 heavy (non-hydrogen) atoms. The van der Waals surface area contributed by atoms with Gasteiger partial charge in [0.05, 0.1) is 103 Å². The summed E-state index contributed by atoms with van der Waals surface area (Å²) < 4.78 is 50.6. The number of hydrogen-bond donors (Lipinski definition) is 0. The molecule has 0 aromatic carbocycles. The largest absolute Gasteiger partial charge is 0.376 e. The molecule has 2 rings (SSSR count). The highest BCUT2D eigenvalue weighted by atomic mass is 16.6. The number of hydrogen-bond acceptors (Lipinski definition) is 9. The van der Waals surface area contributed by atoms with Gasteiger partial charge in [-0.15, -0.1) is 0 Å². The van der Waals surface area contributed by atoms with Gasteiger partial charge in [-0.05, 0) is 41.5 Å². The van der Waals surface area contributed by atoms with Crippen molar-refractivity contribution in [3.8, 4) is 0 Å². The standard InChI is InChI=1S/C24H46O9/c1-17(7-25-13-23-15-32-23)26-8-18(2)27-9-19(3)28-10-20(4)29-11-21(5)30-12-22(6)31-14-24-16-33-24/h17-24H,7-16H2,1-6H3. The Bertz CT molecular complexity index is 487. The molecule has 9 nitrogen and oxygen atoms in total. The van der Waals surface area contributed by atoms with Gasteiger partial charge in [0.1, 0.15) is 12.2 Å². The normalized spacial score (nSPS) is 25.3. The molecule has 8 atom stereocenters. The van der Waals surface area contributed by atoms with Crippen molar-refractivity contribution in [1.29, 1.82) is 0 Å². The van der Waals surface area contributed by atoms with Crippen LogP contribution >= 0.6 is 0 Å². The lowest BCUT2D eigenvalue weighted by Gasteiger charge is -2.22. The van der Waals surface area contributed by atoms with Gasteiger partial charge in [0.2, 0.25) is 0 Å². The number of ether oxygens (including phenoxy) is 9. The van der Waals surface area contributed by atoms with Crippen molar-refractivity contribution < 1.29 is 42.6 Å². The predicted octanol–water partition coefficient (Wildman–Crippen LogP) is 2.23. The molecule has 0 bridgehead atoms. The molecule has 0 aromatic heterocycles. The van der Waals surface area contributed by atoms with Crippen LogP contribution in [0.3, 0.4) is 0 Å². The van der Waals surface area contributed by atoms with Crippen LogP contribution in [-0.4, -0.2) is 115 Å². The second-order valence-electron chi connectivity index (χ2n) is 9.31. The maximum atomic E-state index is 5.86. The fourth-order valence-corrected chi connectivity index (χ4v) is 2.75. The van der Waals surface area contributed by atoms with Gasteiger partial charge in [0.25, 0.3) is 0 Å². The summed E-state index contributed by atoms with van der Waals surface area (Å²) in [6.45, 7) is 18.0. The average Bonchev–Trinajstić information content (AvgIpc) is 3.71. The van der Waals surface area contributed by atoms with E-state index in [2.05, 4.69) is 0 Å². The molecule has 196 valence electrons. The average molecular weight is 479 g/mol. The molecule has 2 aliphatic rings. The van der Waals surface area contributed by atoms with Crippen molar-refractivity contribution in [2.75, 3.05) is 66.1 Å². The van der Waals surface area contributed by atoms with Crippen molar-refractivity contribution in [2.45, 2.75) is 90.4 Å². The minimum atomic E-state index is -0.0279. The van der Waals surface area contributed by atoms with Crippen molar-refractivity contribution >= 4 is 0 Å². The zero-order valence-electron chi connectivity index (χ0n) is 21.4. The van der Waals surface area contributed by atoms with E-state index in [1.807, 2.05) is 41.5 Å². The minimum Gasteiger partial charge on any atom is -0.376 e. The molecular weight excluding hydrogens is 432 g/mol. The first-order valence-corrected chi connectivity index (χ1v) is 12.3. The van der Waals surface area contributed by atoms with Gasteiger partial charge in [-0.3, -0.25) is 0 Å². The molecule has 2 aliphatic heterocycles. The summed E-state index contributed by atoms with van der Waals surface area (Å²) in [4.78, 5) is 0. The first-order chi connectivity index (χ1) is 15.8. The third-order valence-electron chi connectivity index (χ3n) is 5.10. The van der Waals surface area contributed by atoms with E-state index in [0.717, 1.165) is 13.2 Å². The summed E-state index contributed by atoms with van der Waals surface area (Å²) in [5, 5.41) is 0. The minimum absolute atomic E-state index is 0.00730. The van der Waals surface area contributed by atoms with Gasteiger partial charge < -0.3 is 42.6 Å². The highest BCUT2D eigenvalue weighted by Gasteiger charge is 2.24. The molecule has 0 aliphatic carbocycles. The van der Waals surface area contributed by atoms with Gasteiger partial charge in [0, 0.05) is 0 Å². The lowest BCUT2D eigenvalue weighted by molar-refractivity contribution is -0.104. The zero-order valence-corrected chi connectivity index (χ0v) is 21.4. The summed E-state index contributed by atoms with van der Waals surface area (Å²) in [5.74, 6) is 0. The third-order valence-corrected chi connectivity index (χ3v) is 5.10. The van der Waals surface area contributed by atoms with Crippen molar-refractivity contribution in [3.63, 3.8) is 0 Å². The number of epoxide rings is 2. The van der Waals surface area contributed by atoms with E-state index in [4.69, 9.17) is 42.6 Å². The lowest BCUT2D eigenvalue weighted by atomic mass is 10.3. The highest BCUT2D eigenvalue weighted by molar-refractivity contribution is 4.68. The molecule has 8 unspecified atom stereocenters. The quantitative estimate of drug-likeness (QED) is 0.217. The maximum Gasteiger partial charge on any atom is 0.104 e. The van der Waals surface area contributed by atoms with Crippen molar-refractivity contribution in [2.24, 2.45) is 0 Å². The molecule has 0 radical (unpaired) electrons. The van der Waals surface area contributed by atoms with E-state index in [9.17, 15) is 0 Å². The molecule has 0 aromatic rings. The van der Waals surface area contributed by atoms with E-state index < -0.39 is 0 Å². The van der Waals surface area contributed by atoms with Crippen molar-refractivity contribution in [1.82, 2.24) is 0 Å². The molecule has 9 heteroatoms. The van der Waals surface area contributed by atoms with Crippen LogP contribution in [0.1, 0.15) is 41.5 Å². The van der Waals surface area contributed by atoms with Crippen LogP contribution in [-0.2, 0) is 42.6 Å². The van der Waals surface area contributed by atoms with E-state index >= 15 is 0 Å². The molecule has 0 N–H and O–H groups in total. The predicted molar refractivity (Wildman–Crippen MR) is 123 cm³/mol. The maximum absolute atomic E-state index is 5.86. The summed E-state index contributed by atoms with van der Waals surface area (Å²) in [6, 6.07) is 0. The van der Waals surface area contributed by atoms with E-state index in [1.54, 1.807) is 0 Å². The SMILES string of the molecule is CC(COCC1CO1)OCC(C)OCC(C)OCC(C)OCC(C)OCC(C)OCC1CO1. The Kier molecular flexibility index (Phi) is 14.3. The topological polar surface area (TPSA) is 89.7 Å². The van der Waals surface area contributed by atoms with Crippen molar-refractivity contribution in [3.05, 3.63) is 0 Å². The van der Waals surface area contributed by atoms with Gasteiger partial charge in [0.15, 0.2) is 0 Å². The summed E-state index contributed by atoms with van der Waals surface area (Å²) in [6.07, 6.45) is 0.562. The van der Waals surface area contributed by atoms with Crippen LogP contribution in [0.25, 0.3) is 0 Å². The van der Waals surface area contributed by atoms with Gasteiger partial charge in [-0.1, -0.05) is 0 Å². The summed E-state index contributed by atoms with van der Waals surface area (Å²) in [7, 11) is 0. The van der Waals surface area contributed by atoms with Crippen LogP contribution < -0.4 is 0 Å². The van der Waals surface area contributed by atoms with Gasteiger partial charge in [-0.25, -0.2) is 0 Å². The van der Waals surface area contributed by atoms with Crippen LogP contribution in [0, 0.1) is 0 Å². The summed E-state index contributed by atoms with van der Waals surface area (Å²) in [5.41, 5.74) is 0. The molecule has 0 amide bonds. The Morgan fingerprint density at radius 1 is 0.485 bits per heavy atom. The monoisotopic (exact) mass is 478 g/mol. The Labute approximate surface area is 199 Å². The fraction of sp³-hybridized carbons (Fsp3) is 1.00.